The average Bonchev–Trinajstić information content (AvgIpc) is 2.85. The van der Waals surface area contributed by atoms with Gasteiger partial charge in [0.05, 0.1) is 17.7 Å². The lowest BCUT2D eigenvalue weighted by atomic mass is 10.1. The summed E-state index contributed by atoms with van der Waals surface area (Å²) in [4.78, 5) is 12.9. The second-order valence-corrected chi connectivity index (χ2v) is 9.92. The molecule has 174 valence electrons. The molecule has 0 aromatic heterocycles. The molecule has 0 saturated carbocycles. The van der Waals surface area contributed by atoms with E-state index in [1.807, 2.05) is 42.5 Å². The van der Waals surface area contributed by atoms with Crippen molar-refractivity contribution in [1.29, 1.82) is 0 Å². The van der Waals surface area contributed by atoms with Gasteiger partial charge in [-0.3, -0.25) is 9.10 Å². The van der Waals surface area contributed by atoms with E-state index >= 15 is 0 Å². The van der Waals surface area contributed by atoms with Crippen LogP contribution in [0, 0.1) is 0 Å². The maximum absolute atomic E-state index is 13.5. The van der Waals surface area contributed by atoms with Crippen LogP contribution in [0.4, 0.5) is 5.69 Å². The first kappa shape index (κ1) is 23.6. The molecule has 4 rings (SSSR count). The quantitative estimate of drug-likeness (QED) is 0.373. The molecule has 0 aliphatic carbocycles. The number of anilines is 1. The van der Waals surface area contributed by atoms with Crippen molar-refractivity contribution >= 4 is 44.0 Å². The zero-order valence-corrected chi connectivity index (χ0v) is 20.0. The van der Waals surface area contributed by atoms with Gasteiger partial charge in [0.15, 0.2) is 0 Å². The molecule has 0 spiro atoms. The lowest BCUT2D eigenvalue weighted by molar-refractivity contribution is -0.119. The number of ether oxygens (including phenoxy) is 1. The van der Waals surface area contributed by atoms with Gasteiger partial charge in [-0.25, -0.2) is 8.42 Å². The van der Waals surface area contributed by atoms with E-state index in [-0.39, 0.29) is 11.4 Å². The van der Waals surface area contributed by atoms with Crippen molar-refractivity contribution in [3.63, 3.8) is 0 Å². The van der Waals surface area contributed by atoms with Gasteiger partial charge in [0.2, 0.25) is 5.91 Å². The Morgan fingerprint density at radius 1 is 0.912 bits per heavy atom. The Morgan fingerprint density at radius 2 is 1.65 bits per heavy atom. The van der Waals surface area contributed by atoms with Crippen LogP contribution in [0.5, 0.6) is 5.75 Å². The molecule has 0 aliphatic heterocycles. The third-order valence-electron chi connectivity index (χ3n) is 5.33. The van der Waals surface area contributed by atoms with E-state index in [2.05, 4.69) is 5.32 Å². The Balaban J connectivity index is 1.56. The Hall–Kier alpha value is -3.55. The summed E-state index contributed by atoms with van der Waals surface area (Å²) in [5.74, 6) is 0.0894. The number of sulfonamides is 1. The summed E-state index contributed by atoms with van der Waals surface area (Å²) in [5.41, 5.74) is 1.21. The highest BCUT2D eigenvalue weighted by Gasteiger charge is 2.27. The second-order valence-electron chi connectivity index (χ2n) is 7.63. The number of hydrogen-bond donors (Lipinski definition) is 1. The highest BCUT2D eigenvalue weighted by Crippen LogP contribution is 2.27. The van der Waals surface area contributed by atoms with Gasteiger partial charge in [0.25, 0.3) is 10.0 Å². The molecule has 34 heavy (non-hydrogen) atoms. The van der Waals surface area contributed by atoms with Crippen LogP contribution in [0.15, 0.2) is 95.9 Å². The van der Waals surface area contributed by atoms with E-state index in [9.17, 15) is 13.2 Å². The molecule has 4 aromatic rings. The molecule has 0 unspecified atom stereocenters. The van der Waals surface area contributed by atoms with Gasteiger partial charge in [0.1, 0.15) is 12.3 Å². The normalized spacial score (nSPS) is 11.2. The molecule has 0 bridgehead atoms. The monoisotopic (exact) mass is 494 g/mol. The second kappa shape index (κ2) is 10.2. The molecule has 4 aromatic carbocycles. The summed E-state index contributed by atoms with van der Waals surface area (Å²) >= 11 is 6.11. The summed E-state index contributed by atoms with van der Waals surface area (Å²) in [6.07, 6.45) is 0. The predicted molar refractivity (Wildman–Crippen MR) is 135 cm³/mol. The summed E-state index contributed by atoms with van der Waals surface area (Å²) in [7, 11) is -2.54. The minimum absolute atomic E-state index is 0.0376. The minimum Gasteiger partial charge on any atom is -0.497 e. The number of benzene rings is 4. The number of methoxy groups -OCH3 is 1. The predicted octanol–water partition coefficient (Wildman–Crippen LogP) is 5.01. The fourth-order valence-electron chi connectivity index (χ4n) is 3.56. The highest BCUT2D eigenvalue weighted by molar-refractivity contribution is 7.92. The van der Waals surface area contributed by atoms with E-state index in [4.69, 9.17) is 16.3 Å². The van der Waals surface area contributed by atoms with Crippen LogP contribution >= 0.6 is 11.6 Å². The molecule has 0 aliphatic rings. The number of nitrogens with zero attached hydrogens (tertiary/aromatic N) is 1. The number of amides is 1. The molecule has 0 heterocycles. The van der Waals surface area contributed by atoms with Crippen LogP contribution in [0.25, 0.3) is 10.8 Å². The van der Waals surface area contributed by atoms with Crippen molar-refractivity contribution in [2.24, 2.45) is 0 Å². The zero-order chi connectivity index (χ0) is 24.1. The topological polar surface area (TPSA) is 75.7 Å². The molecule has 0 saturated heterocycles. The Kier molecular flexibility index (Phi) is 7.05. The molecular weight excluding hydrogens is 472 g/mol. The van der Waals surface area contributed by atoms with Crippen LogP contribution < -0.4 is 14.4 Å². The maximum atomic E-state index is 13.5. The molecule has 1 N–H and O–H groups in total. The van der Waals surface area contributed by atoms with Crippen LogP contribution in [-0.4, -0.2) is 28.0 Å². The van der Waals surface area contributed by atoms with Crippen molar-refractivity contribution in [3.8, 4) is 5.75 Å². The van der Waals surface area contributed by atoms with Gasteiger partial charge in [-0.15, -0.1) is 0 Å². The smallest absolute Gasteiger partial charge is 0.264 e. The van der Waals surface area contributed by atoms with Crippen molar-refractivity contribution < 1.29 is 17.9 Å². The van der Waals surface area contributed by atoms with E-state index in [0.717, 1.165) is 20.6 Å². The third-order valence-corrected chi connectivity index (χ3v) is 7.36. The molecule has 6 nitrogen and oxygen atoms in total. The van der Waals surface area contributed by atoms with Crippen LogP contribution in [0.2, 0.25) is 5.02 Å². The summed E-state index contributed by atoms with van der Waals surface area (Å²) in [5, 5.41) is 5.36. The standard InChI is InChI=1S/C26H23ClN2O4S/c1-33-24-11-13-25(14-12-24)34(31,32)29(23-8-4-7-22(27)16-23)18-26(30)28-17-19-9-10-20-5-2-3-6-21(20)15-19/h2-16H,17-18H2,1H3,(H,28,30). The average molecular weight is 495 g/mol. The number of rotatable bonds is 8. The molecule has 8 heteroatoms. The first-order valence-corrected chi connectivity index (χ1v) is 12.4. The highest BCUT2D eigenvalue weighted by atomic mass is 35.5. The summed E-state index contributed by atoms with van der Waals surface area (Å²) in [6, 6.07) is 26.3. The number of halogens is 1. The molecular formula is C26H23ClN2O4S. The van der Waals surface area contributed by atoms with E-state index in [1.165, 1.54) is 25.3 Å². The first-order valence-electron chi connectivity index (χ1n) is 10.5. The van der Waals surface area contributed by atoms with Crippen LogP contribution in [-0.2, 0) is 21.4 Å². The van der Waals surface area contributed by atoms with Gasteiger partial charge < -0.3 is 10.1 Å². The Labute approximate surface area is 203 Å². The lowest BCUT2D eigenvalue weighted by Crippen LogP contribution is -2.40. The van der Waals surface area contributed by atoms with E-state index in [0.29, 0.717) is 16.5 Å². The Bertz CT molecular complexity index is 1420. The van der Waals surface area contributed by atoms with Crippen molar-refractivity contribution in [3.05, 3.63) is 102 Å². The number of carbonyl (C=O) groups is 1. The van der Waals surface area contributed by atoms with Gasteiger partial charge in [-0.2, -0.15) is 0 Å². The molecule has 0 fully saturated rings. The van der Waals surface area contributed by atoms with Crippen molar-refractivity contribution in [2.45, 2.75) is 11.4 Å². The number of carbonyl (C=O) groups excluding carboxylic acids is 1. The number of hydrogen-bond acceptors (Lipinski definition) is 4. The van der Waals surface area contributed by atoms with Gasteiger partial charge >= 0.3 is 0 Å². The fourth-order valence-corrected chi connectivity index (χ4v) is 5.15. The SMILES string of the molecule is COc1ccc(S(=O)(=O)N(CC(=O)NCc2ccc3ccccc3c2)c2cccc(Cl)c2)cc1. The largest absolute Gasteiger partial charge is 0.497 e. The van der Waals surface area contributed by atoms with Gasteiger partial charge in [-0.05, 0) is 64.9 Å². The molecule has 0 radical (unpaired) electrons. The minimum atomic E-state index is -4.04. The maximum Gasteiger partial charge on any atom is 0.264 e. The Morgan fingerprint density at radius 3 is 2.35 bits per heavy atom. The van der Waals surface area contributed by atoms with Crippen LogP contribution in [0.3, 0.4) is 0 Å². The zero-order valence-electron chi connectivity index (χ0n) is 18.4. The van der Waals surface area contributed by atoms with Crippen molar-refractivity contribution in [2.75, 3.05) is 18.0 Å². The van der Waals surface area contributed by atoms with Crippen molar-refractivity contribution in [1.82, 2.24) is 5.32 Å². The van der Waals surface area contributed by atoms with E-state index < -0.39 is 22.5 Å². The lowest BCUT2D eigenvalue weighted by Gasteiger charge is -2.24. The number of nitrogens with one attached hydrogen (secondary N) is 1. The summed E-state index contributed by atoms with van der Waals surface area (Å²) < 4.78 is 33.1. The fraction of sp³-hybridized carbons (Fsp3) is 0.115. The molecule has 1 amide bonds. The van der Waals surface area contributed by atoms with Gasteiger partial charge in [-0.1, -0.05) is 54.1 Å². The third kappa shape index (κ3) is 5.32. The van der Waals surface area contributed by atoms with Crippen LogP contribution in [0.1, 0.15) is 5.56 Å². The summed E-state index contributed by atoms with van der Waals surface area (Å²) in [6.45, 7) is -0.127. The number of fused-ring (bicyclic) bond motifs is 1. The van der Waals surface area contributed by atoms with Gasteiger partial charge in [0, 0.05) is 11.6 Å². The van der Waals surface area contributed by atoms with E-state index in [1.54, 1.807) is 30.3 Å². The first-order chi connectivity index (χ1) is 16.4. The molecule has 0 atom stereocenters.